The van der Waals surface area contributed by atoms with Crippen LogP contribution in [0.2, 0.25) is 0 Å². The van der Waals surface area contributed by atoms with Gasteiger partial charge < -0.3 is 0 Å². The number of aromatic nitrogens is 1. The third-order valence-corrected chi connectivity index (χ3v) is 3.79. The Balaban J connectivity index is 1.71. The molecule has 1 heterocycles. The number of carbonyl (C=O) groups excluding carboxylic acids is 2. The maximum Gasteiger partial charge on any atom is 0.271 e. The van der Waals surface area contributed by atoms with Crippen LogP contribution >= 0.6 is 0 Å². The monoisotopic (exact) mass is 319 g/mol. The Labute approximate surface area is 139 Å². The van der Waals surface area contributed by atoms with Crippen molar-refractivity contribution in [3.63, 3.8) is 0 Å². The molecule has 0 spiro atoms. The van der Waals surface area contributed by atoms with Crippen LogP contribution in [0.25, 0.3) is 10.9 Å². The number of hydrazine groups is 1. The standard InChI is InChI=1S/C19H17N3O2/c1-2-13-8-10-15(11-9-13)18(23)21-22-19(24)16-7-3-5-14-6-4-12-20-17(14)16/h3-12H,2H2,1H3,(H,21,23)(H,22,24). The molecule has 3 aromatic rings. The summed E-state index contributed by atoms with van der Waals surface area (Å²) in [6, 6.07) is 16.3. The minimum atomic E-state index is -0.405. The van der Waals surface area contributed by atoms with Gasteiger partial charge in [-0.25, -0.2) is 0 Å². The van der Waals surface area contributed by atoms with Crippen LogP contribution in [0.3, 0.4) is 0 Å². The third-order valence-electron chi connectivity index (χ3n) is 3.79. The van der Waals surface area contributed by atoms with Crippen LogP contribution in [-0.4, -0.2) is 16.8 Å². The zero-order valence-electron chi connectivity index (χ0n) is 13.2. The van der Waals surface area contributed by atoms with Crippen molar-refractivity contribution in [2.24, 2.45) is 0 Å². The van der Waals surface area contributed by atoms with Gasteiger partial charge >= 0.3 is 0 Å². The highest BCUT2D eigenvalue weighted by atomic mass is 16.2. The number of pyridine rings is 1. The fourth-order valence-corrected chi connectivity index (χ4v) is 2.43. The average molecular weight is 319 g/mol. The van der Waals surface area contributed by atoms with Crippen molar-refractivity contribution in [2.45, 2.75) is 13.3 Å². The average Bonchev–Trinajstić information content (AvgIpc) is 2.65. The molecule has 0 radical (unpaired) electrons. The van der Waals surface area contributed by atoms with Gasteiger partial charge in [0.1, 0.15) is 0 Å². The maximum absolute atomic E-state index is 12.3. The number of para-hydroxylation sites is 1. The van der Waals surface area contributed by atoms with E-state index in [2.05, 4.69) is 15.8 Å². The molecule has 2 amide bonds. The quantitative estimate of drug-likeness (QED) is 0.729. The molecule has 5 heteroatoms. The van der Waals surface area contributed by atoms with E-state index in [1.165, 1.54) is 0 Å². The lowest BCUT2D eigenvalue weighted by molar-refractivity contribution is 0.0847. The number of hydrogen-bond acceptors (Lipinski definition) is 3. The first-order valence-corrected chi connectivity index (χ1v) is 7.72. The summed E-state index contributed by atoms with van der Waals surface area (Å²) in [5, 5.41) is 0.867. The second-order valence-corrected chi connectivity index (χ2v) is 5.34. The molecule has 0 bridgehead atoms. The number of hydrogen-bond donors (Lipinski definition) is 2. The predicted molar refractivity (Wildman–Crippen MR) is 92.5 cm³/mol. The van der Waals surface area contributed by atoms with Crippen LogP contribution in [0.15, 0.2) is 60.8 Å². The van der Waals surface area contributed by atoms with Crippen LogP contribution in [0.5, 0.6) is 0 Å². The van der Waals surface area contributed by atoms with Gasteiger partial charge in [-0.05, 0) is 36.2 Å². The molecule has 5 nitrogen and oxygen atoms in total. The van der Waals surface area contributed by atoms with Crippen molar-refractivity contribution in [1.29, 1.82) is 0 Å². The van der Waals surface area contributed by atoms with Gasteiger partial charge in [0, 0.05) is 17.1 Å². The molecule has 24 heavy (non-hydrogen) atoms. The normalized spacial score (nSPS) is 10.4. The minimum absolute atomic E-state index is 0.362. The molecule has 1 aromatic heterocycles. The van der Waals surface area contributed by atoms with E-state index in [-0.39, 0.29) is 5.91 Å². The number of aryl methyl sites for hydroxylation is 1. The largest absolute Gasteiger partial charge is 0.271 e. The summed E-state index contributed by atoms with van der Waals surface area (Å²) in [6.45, 7) is 2.05. The fraction of sp³-hybridized carbons (Fsp3) is 0.105. The van der Waals surface area contributed by atoms with Gasteiger partial charge in [-0.1, -0.05) is 37.3 Å². The Morgan fingerprint density at radius 1 is 0.917 bits per heavy atom. The smallest absolute Gasteiger partial charge is 0.267 e. The number of amides is 2. The van der Waals surface area contributed by atoms with E-state index in [4.69, 9.17) is 0 Å². The van der Waals surface area contributed by atoms with Crippen molar-refractivity contribution in [3.8, 4) is 0 Å². The molecule has 120 valence electrons. The zero-order chi connectivity index (χ0) is 16.9. The maximum atomic E-state index is 12.3. The van der Waals surface area contributed by atoms with Gasteiger partial charge in [-0.2, -0.15) is 0 Å². The molecule has 2 N–H and O–H groups in total. The van der Waals surface area contributed by atoms with Crippen LogP contribution in [0, 0.1) is 0 Å². The van der Waals surface area contributed by atoms with E-state index in [9.17, 15) is 9.59 Å². The first kappa shape index (κ1) is 15.7. The van der Waals surface area contributed by atoms with E-state index in [1.807, 2.05) is 37.3 Å². The van der Waals surface area contributed by atoms with Gasteiger partial charge in [0.2, 0.25) is 0 Å². The van der Waals surface area contributed by atoms with E-state index >= 15 is 0 Å². The summed E-state index contributed by atoms with van der Waals surface area (Å²) in [4.78, 5) is 28.7. The molecule has 2 aromatic carbocycles. The second-order valence-electron chi connectivity index (χ2n) is 5.34. The number of nitrogens with zero attached hydrogens (tertiary/aromatic N) is 1. The number of benzene rings is 2. The summed E-state index contributed by atoms with van der Waals surface area (Å²) in [5.74, 6) is -0.767. The number of rotatable bonds is 3. The van der Waals surface area contributed by atoms with Crippen molar-refractivity contribution in [2.75, 3.05) is 0 Å². The topological polar surface area (TPSA) is 71.1 Å². The fourth-order valence-electron chi connectivity index (χ4n) is 2.43. The Hall–Kier alpha value is -3.21. The molecule has 0 saturated carbocycles. The van der Waals surface area contributed by atoms with Gasteiger partial charge in [0.05, 0.1) is 11.1 Å². The van der Waals surface area contributed by atoms with Gasteiger partial charge in [-0.15, -0.1) is 0 Å². The number of carbonyl (C=O) groups is 2. The molecule has 0 aliphatic heterocycles. The summed E-state index contributed by atoms with van der Waals surface area (Å²) in [6.07, 6.45) is 2.54. The first-order chi connectivity index (χ1) is 11.7. The molecular weight excluding hydrogens is 302 g/mol. The van der Waals surface area contributed by atoms with E-state index in [0.29, 0.717) is 16.6 Å². The van der Waals surface area contributed by atoms with Crippen molar-refractivity contribution >= 4 is 22.7 Å². The molecule has 0 fully saturated rings. The Bertz CT molecular complexity index is 883. The van der Waals surface area contributed by atoms with Crippen LogP contribution < -0.4 is 10.9 Å². The molecule has 0 unspecified atom stereocenters. The number of nitrogens with one attached hydrogen (secondary N) is 2. The Morgan fingerprint density at radius 3 is 2.38 bits per heavy atom. The first-order valence-electron chi connectivity index (χ1n) is 7.72. The third kappa shape index (κ3) is 3.25. The lowest BCUT2D eigenvalue weighted by Crippen LogP contribution is -2.41. The highest BCUT2D eigenvalue weighted by Crippen LogP contribution is 2.15. The van der Waals surface area contributed by atoms with E-state index in [1.54, 1.807) is 30.5 Å². The minimum Gasteiger partial charge on any atom is -0.267 e. The van der Waals surface area contributed by atoms with Crippen molar-refractivity contribution in [1.82, 2.24) is 15.8 Å². The molecule has 0 atom stereocenters. The Morgan fingerprint density at radius 2 is 1.62 bits per heavy atom. The summed E-state index contributed by atoms with van der Waals surface area (Å²) in [5.41, 5.74) is 7.52. The molecule has 0 aliphatic rings. The molecule has 0 aliphatic carbocycles. The second kappa shape index (κ2) is 6.91. The zero-order valence-corrected chi connectivity index (χ0v) is 13.2. The highest BCUT2D eigenvalue weighted by molar-refractivity contribution is 6.06. The van der Waals surface area contributed by atoms with E-state index < -0.39 is 5.91 Å². The van der Waals surface area contributed by atoms with Crippen LogP contribution in [-0.2, 0) is 6.42 Å². The van der Waals surface area contributed by atoms with E-state index in [0.717, 1.165) is 17.4 Å². The SMILES string of the molecule is CCc1ccc(C(=O)NNC(=O)c2cccc3cccnc23)cc1. The van der Waals surface area contributed by atoms with Crippen molar-refractivity contribution in [3.05, 3.63) is 77.5 Å². The highest BCUT2D eigenvalue weighted by Gasteiger charge is 2.12. The van der Waals surface area contributed by atoms with Gasteiger partial charge in [0.25, 0.3) is 11.8 Å². The summed E-state index contributed by atoms with van der Waals surface area (Å²) >= 11 is 0. The molecular formula is C19H17N3O2. The number of fused-ring (bicyclic) bond motifs is 1. The lowest BCUT2D eigenvalue weighted by atomic mass is 10.1. The Kier molecular flexibility index (Phi) is 4.52. The molecule has 0 saturated heterocycles. The molecule has 3 rings (SSSR count). The lowest BCUT2D eigenvalue weighted by Gasteiger charge is -2.09. The van der Waals surface area contributed by atoms with Crippen molar-refractivity contribution < 1.29 is 9.59 Å². The van der Waals surface area contributed by atoms with Gasteiger partial charge in [0.15, 0.2) is 0 Å². The summed E-state index contributed by atoms with van der Waals surface area (Å²) < 4.78 is 0. The van der Waals surface area contributed by atoms with Crippen LogP contribution in [0.1, 0.15) is 33.2 Å². The van der Waals surface area contributed by atoms with Crippen LogP contribution in [0.4, 0.5) is 0 Å². The van der Waals surface area contributed by atoms with Gasteiger partial charge in [-0.3, -0.25) is 25.4 Å². The summed E-state index contributed by atoms with van der Waals surface area (Å²) in [7, 11) is 0. The predicted octanol–water partition coefficient (Wildman–Crippen LogP) is 2.87.